The quantitative estimate of drug-likeness (QED) is 0.126. The lowest BCUT2D eigenvalue weighted by Crippen LogP contribution is -2.46. The van der Waals surface area contributed by atoms with Gasteiger partial charge < -0.3 is 30.3 Å². The van der Waals surface area contributed by atoms with Crippen LogP contribution in [0.2, 0.25) is 0 Å². The second-order valence-corrected chi connectivity index (χ2v) is 12.8. The van der Waals surface area contributed by atoms with Crippen molar-refractivity contribution in [2.24, 2.45) is 0 Å². The van der Waals surface area contributed by atoms with E-state index in [2.05, 4.69) is 22.8 Å². The van der Waals surface area contributed by atoms with Crippen LogP contribution in [0.5, 0.6) is 0 Å². The zero-order chi connectivity index (χ0) is 33.0. The first kappa shape index (κ1) is 34.3. The molecule has 4 aromatic rings. The molecule has 0 spiro atoms. The smallest absolute Gasteiger partial charge is 0.315 e. The van der Waals surface area contributed by atoms with Crippen molar-refractivity contribution in [2.45, 2.75) is 57.0 Å². The van der Waals surface area contributed by atoms with E-state index in [1.165, 1.54) is 6.92 Å². The maximum atomic E-state index is 12.7. The van der Waals surface area contributed by atoms with Crippen molar-refractivity contribution in [3.8, 4) is 0 Å². The molecule has 1 fully saturated rings. The van der Waals surface area contributed by atoms with Crippen LogP contribution in [0.1, 0.15) is 58.6 Å². The fourth-order valence-corrected chi connectivity index (χ4v) is 6.56. The fourth-order valence-electron chi connectivity index (χ4n) is 5.75. The number of carbonyl (C=O) groups is 2. The van der Waals surface area contributed by atoms with Gasteiger partial charge in [0.05, 0.1) is 31.5 Å². The van der Waals surface area contributed by atoms with Gasteiger partial charge in [-0.2, -0.15) is 11.8 Å². The van der Waals surface area contributed by atoms with Crippen LogP contribution in [0, 0.1) is 0 Å². The molecule has 0 aromatic heterocycles. The Kier molecular flexibility index (Phi) is 12.6. The molecule has 47 heavy (non-hydrogen) atoms. The van der Waals surface area contributed by atoms with Gasteiger partial charge >= 0.3 is 6.03 Å². The predicted octanol–water partition coefficient (Wildman–Crippen LogP) is 5.84. The highest BCUT2D eigenvalue weighted by Gasteiger charge is 2.41. The molecule has 5 rings (SSSR count). The van der Waals surface area contributed by atoms with Crippen LogP contribution < -0.4 is 10.6 Å². The molecule has 1 heterocycles. The number of aliphatic hydroxyl groups is 2. The molecule has 4 aromatic carbocycles. The van der Waals surface area contributed by atoms with Crippen LogP contribution in [0.25, 0.3) is 0 Å². The molecule has 5 atom stereocenters. The van der Waals surface area contributed by atoms with Crippen molar-refractivity contribution in [3.05, 3.63) is 143 Å². The molecule has 5 unspecified atom stereocenters. The normalized spacial score (nSPS) is 19.9. The van der Waals surface area contributed by atoms with Crippen molar-refractivity contribution < 1.29 is 29.3 Å². The van der Waals surface area contributed by atoms with Gasteiger partial charge in [0.15, 0.2) is 12.1 Å². The van der Waals surface area contributed by atoms with Crippen molar-refractivity contribution in [2.75, 3.05) is 18.1 Å². The highest BCUT2D eigenvalue weighted by Crippen LogP contribution is 2.47. The molecule has 246 valence electrons. The predicted molar refractivity (Wildman–Crippen MR) is 184 cm³/mol. The Hall–Kier alpha value is -3.99. The zero-order valence-corrected chi connectivity index (χ0v) is 27.3. The Balaban J connectivity index is 1.29. The van der Waals surface area contributed by atoms with E-state index in [0.29, 0.717) is 17.9 Å². The van der Waals surface area contributed by atoms with Crippen LogP contribution in [0.15, 0.2) is 109 Å². The number of urea groups is 1. The summed E-state index contributed by atoms with van der Waals surface area (Å²) in [6.07, 6.45) is -0.738. The van der Waals surface area contributed by atoms with Crippen molar-refractivity contribution >= 4 is 23.6 Å². The molecule has 0 aliphatic carbocycles. The molecule has 0 bridgehead atoms. The van der Waals surface area contributed by atoms with Crippen molar-refractivity contribution in [1.82, 2.24) is 10.6 Å². The summed E-state index contributed by atoms with van der Waals surface area (Å²) in [6.45, 7) is 1.82. The van der Waals surface area contributed by atoms with E-state index >= 15 is 0 Å². The minimum absolute atomic E-state index is 0.0338. The summed E-state index contributed by atoms with van der Waals surface area (Å²) < 4.78 is 13.4. The maximum Gasteiger partial charge on any atom is 0.315 e. The van der Waals surface area contributed by atoms with Crippen LogP contribution in [-0.2, 0) is 33.8 Å². The highest BCUT2D eigenvalue weighted by atomic mass is 32.2. The minimum Gasteiger partial charge on any atom is -0.396 e. The summed E-state index contributed by atoms with van der Waals surface area (Å²) in [5, 5.41) is 24.7. The molecular formula is C38H42N2O6S. The van der Waals surface area contributed by atoms with E-state index in [-0.39, 0.29) is 43.7 Å². The van der Waals surface area contributed by atoms with Crippen molar-refractivity contribution in [1.29, 1.82) is 0 Å². The molecule has 0 radical (unpaired) electrons. The number of ketones is 1. The Labute approximate surface area is 280 Å². The molecule has 8 nitrogen and oxygen atoms in total. The second kappa shape index (κ2) is 17.2. The summed E-state index contributed by atoms with van der Waals surface area (Å²) in [5.41, 5.74) is 5.63. The van der Waals surface area contributed by atoms with E-state index in [0.717, 1.165) is 33.4 Å². The lowest BCUT2D eigenvalue weighted by atomic mass is 9.84. The number of carbonyl (C=O) groups excluding carboxylic acids is 2. The zero-order valence-electron chi connectivity index (χ0n) is 26.5. The average molecular weight is 655 g/mol. The minimum atomic E-state index is -0.642. The molecule has 1 saturated heterocycles. The van der Waals surface area contributed by atoms with Crippen LogP contribution in [-0.4, -0.2) is 52.3 Å². The number of rotatable bonds is 14. The van der Waals surface area contributed by atoms with Crippen molar-refractivity contribution in [3.63, 3.8) is 0 Å². The number of hydrogen-bond acceptors (Lipinski definition) is 7. The van der Waals surface area contributed by atoms with Gasteiger partial charge in [-0.05, 0) is 41.2 Å². The Bertz CT molecular complexity index is 1550. The van der Waals surface area contributed by atoms with Gasteiger partial charge in [-0.25, -0.2) is 4.79 Å². The first-order valence-electron chi connectivity index (χ1n) is 15.9. The van der Waals surface area contributed by atoms with Gasteiger partial charge in [0.2, 0.25) is 0 Å². The van der Waals surface area contributed by atoms with Gasteiger partial charge in [0.25, 0.3) is 0 Å². The SMILES string of the molecule is CC(=O)C(Cc1ccccc1)NC(=O)NCc1ccc(C2OC(CSCCO)C(c3ccccc3)C(c3ccc(CO)cc3)O2)cc1. The monoisotopic (exact) mass is 654 g/mol. The van der Waals surface area contributed by atoms with E-state index in [1.807, 2.05) is 97.1 Å². The Morgan fingerprint density at radius 1 is 0.766 bits per heavy atom. The lowest BCUT2D eigenvalue weighted by molar-refractivity contribution is -0.255. The third-order valence-corrected chi connectivity index (χ3v) is 9.31. The molecule has 9 heteroatoms. The molecule has 0 saturated carbocycles. The van der Waals surface area contributed by atoms with Gasteiger partial charge in [-0.3, -0.25) is 4.79 Å². The summed E-state index contributed by atoms with van der Waals surface area (Å²) >= 11 is 1.65. The molecule has 1 aliphatic heterocycles. The fraction of sp³-hybridized carbons (Fsp3) is 0.316. The third kappa shape index (κ3) is 9.53. The topological polar surface area (TPSA) is 117 Å². The first-order valence-corrected chi connectivity index (χ1v) is 17.0. The lowest BCUT2D eigenvalue weighted by Gasteiger charge is -2.43. The number of ether oxygens (including phenoxy) is 2. The number of thioether (sulfide) groups is 1. The van der Waals surface area contributed by atoms with E-state index < -0.39 is 18.4 Å². The van der Waals surface area contributed by atoms with Crippen LogP contribution >= 0.6 is 11.8 Å². The van der Waals surface area contributed by atoms with Gasteiger partial charge in [0, 0.05) is 29.5 Å². The number of hydrogen-bond donors (Lipinski definition) is 4. The van der Waals surface area contributed by atoms with Gasteiger partial charge in [-0.15, -0.1) is 0 Å². The Morgan fingerprint density at radius 3 is 2.04 bits per heavy atom. The maximum absolute atomic E-state index is 12.7. The number of benzene rings is 4. The average Bonchev–Trinajstić information content (AvgIpc) is 3.11. The second-order valence-electron chi connectivity index (χ2n) is 11.6. The standard InChI is InChI=1S/C38H42N2O6S/c1-26(43)33(22-27-8-4-2-5-9-27)40-38(44)39-23-28-12-18-32(19-13-28)37-45-34(25-47-21-20-41)35(30-10-6-3-7-11-30)36(46-37)31-16-14-29(24-42)15-17-31/h2-19,33-37,41-42H,20-25H2,1H3,(H2,39,40,44). The van der Waals surface area contributed by atoms with Gasteiger partial charge in [0.1, 0.15) is 0 Å². The highest BCUT2D eigenvalue weighted by molar-refractivity contribution is 7.99. The van der Waals surface area contributed by atoms with Gasteiger partial charge in [-0.1, -0.05) is 109 Å². The molecule has 2 amide bonds. The van der Waals surface area contributed by atoms with E-state index in [9.17, 15) is 19.8 Å². The van der Waals surface area contributed by atoms with E-state index in [4.69, 9.17) is 9.47 Å². The van der Waals surface area contributed by atoms with Crippen LogP contribution in [0.3, 0.4) is 0 Å². The first-order chi connectivity index (χ1) is 22.9. The largest absolute Gasteiger partial charge is 0.396 e. The summed E-state index contributed by atoms with van der Waals surface area (Å²) in [5.74, 6) is 1.08. The van der Waals surface area contributed by atoms with E-state index in [1.54, 1.807) is 11.8 Å². The number of nitrogens with one attached hydrogen (secondary N) is 2. The molecule has 1 aliphatic rings. The summed E-state index contributed by atoms with van der Waals surface area (Å²) in [4.78, 5) is 24.9. The molecular weight excluding hydrogens is 612 g/mol. The summed E-state index contributed by atoms with van der Waals surface area (Å²) in [7, 11) is 0. The number of aliphatic hydroxyl groups excluding tert-OH is 2. The van der Waals surface area contributed by atoms with Crippen LogP contribution in [0.4, 0.5) is 4.79 Å². The molecule has 4 N–H and O–H groups in total. The third-order valence-electron chi connectivity index (χ3n) is 8.27. The number of Topliss-reactive ketones (excluding diaryl/α,β-unsaturated/α-hetero) is 1. The summed E-state index contributed by atoms with van der Waals surface area (Å²) in [6, 6.07) is 34.4. The Morgan fingerprint density at radius 2 is 1.40 bits per heavy atom. The number of amides is 2.